The Labute approximate surface area is 112 Å². The molecule has 0 unspecified atom stereocenters. The Balaban J connectivity index is 2.48. The minimum absolute atomic E-state index is 0.237. The summed E-state index contributed by atoms with van der Waals surface area (Å²) in [7, 11) is -2.03. The highest BCUT2D eigenvalue weighted by Gasteiger charge is 2.09. The van der Waals surface area contributed by atoms with E-state index in [1.807, 2.05) is 36.4 Å². The summed E-state index contributed by atoms with van der Waals surface area (Å²) < 4.78 is 32.4. The zero-order chi connectivity index (χ0) is 13.9. The first-order valence-corrected chi connectivity index (χ1v) is 7.43. The Hall–Kier alpha value is -2.01. The predicted octanol–water partition coefficient (Wildman–Crippen LogP) is 2.70. The molecule has 0 atom stereocenters. The molecule has 0 aliphatic heterocycles. The smallest absolute Gasteiger partial charge is 0.306 e. The molecule has 0 N–H and O–H groups in total. The molecule has 0 radical (unpaired) electrons. The average Bonchev–Trinajstić information content (AvgIpc) is 2.37. The molecule has 0 aromatic heterocycles. The summed E-state index contributed by atoms with van der Waals surface area (Å²) in [6.07, 6.45) is 1.01. The van der Waals surface area contributed by atoms with Crippen LogP contribution in [0.4, 0.5) is 0 Å². The Kier molecular flexibility index (Phi) is 3.76. The van der Waals surface area contributed by atoms with Crippen LogP contribution in [0.2, 0.25) is 0 Å². The lowest BCUT2D eigenvalue weighted by Crippen LogP contribution is -2.05. The van der Waals surface area contributed by atoms with Gasteiger partial charge in [0, 0.05) is 6.07 Å². The third kappa shape index (κ3) is 3.72. The number of methoxy groups -OCH3 is 1. The summed E-state index contributed by atoms with van der Waals surface area (Å²) in [5.74, 6) is 0.778. The Bertz CT molecular complexity index is 663. The van der Waals surface area contributed by atoms with E-state index >= 15 is 0 Å². The van der Waals surface area contributed by atoms with Gasteiger partial charge in [0.05, 0.1) is 13.4 Å². The van der Waals surface area contributed by atoms with Crippen LogP contribution in [-0.2, 0) is 10.1 Å². The van der Waals surface area contributed by atoms with Gasteiger partial charge in [0.15, 0.2) is 0 Å². The Morgan fingerprint density at radius 1 is 0.895 bits per heavy atom. The third-order valence-electron chi connectivity index (χ3n) is 2.47. The van der Waals surface area contributed by atoms with E-state index in [1.165, 1.54) is 13.2 Å². The van der Waals surface area contributed by atoms with Crippen molar-refractivity contribution >= 4 is 10.1 Å². The monoisotopic (exact) mass is 278 g/mol. The normalized spacial score (nSPS) is 11.1. The van der Waals surface area contributed by atoms with Gasteiger partial charge in [0.1, 0.15) is 11.5 Å². The number of hydrogen-bond donors (Lipinski definition) is 0. The van der Waals surface area contributed by atoms with Crippen molar-refractivity contribution in [3.05, 3.63) is 48.5 Å². The fourth-order valence-electron chi connectivity index (χ4n) is 1.71. The molecule has 100 valence electrons. The van der Waals surface area contributed by atoms with E-state index in [-0.39, 0.29) is 5.75 Å². The molecular weight excluding hydrogens is 264 g/mol. The van der Waals surface area contributed by atoms with Gasteiger partial charge >= 0.3 is 10.1 Å². The van der Waals surface area contributed by atoms with Crippen molar-refractivity contribution in [1.29, 1.82) is 0 Å². The second-order valence-corrected chi connectivity index (χ2v) is 5.63. The number of ether oxygens (including phenoxy) is 1. The maximum Gasteiger partial charge on any atom is 0.306 e. The summed E-state index contributed by atoms with van der Waals surface area (Å²) >= 11 is 0. The molecule has 4 nitrogen and oxygen atoms in total. The molecule has 0 heterocycles. The van der Waals surface area contributed by atoms with Gasteiger partial charge in [-0.2, -0.15) is 8.42 Å². The van der Waals surface area contributed by atoms with Gasteiger partial charge in [-0.15, -0.1) is 0 Å². The van der Waals surface area contributed by atoms with Crippen LogP contribution in [0.25, 0.3) is 11.1 Å². The van der Waals surface area contributed by atoms with E-state index in [0.29, 0.717) is 5.75 Å². The molecule has 5 heteroatoms. The van der Waals surface area contributed by atoms with Gasteiger partial charge in [-0.05, 0) is 23.3 Å². The van der Waals surface area contributed by atoms with Crippen molar-refractivity contribution in [3.8, 4) is 22.6 Å². The fourth-order valence-corrected chi connectivity index (χ4v) is 2.16. The fraction of sp³-hybridized carbons (Fsp3) is 0.143. The van der Waals surface area contributed by atoms with Gasteiger partial charge in [0.2, 0.25) is 0 Å². The lowest BCUT2D eigenvalue weighted by Gasteiger charge is -2.09. The molecule has 0 saturated carbocycles. The van der Waals surface area contributed by atoms with Crippen LogP contribution >= 0.6 is 0 Å². The third-order valence-corrected chi connectivity index (χ3v) is 2.97. The van der Waals surface area contributed by atoms with Gasteiger partial charge < -0.3 is 8.92 Å². The molecule has 0 aliphatic carbocycles. The first-order valence-electron chi connectivity index (χ1n) is 5.62. The zero-order valence-electron chi connectivity index (χ0n) is 10.7. The van der Waals surface area contributed by atoms with Crippen LogP contribution in [0.1, 0.15) is 0 Å². The highest BCUT2D eigenvalue weighted by molar-refractivity contribution is 7.86. The lowest BCUT2D eigenvalue weighted by molar-refractivity contribution is 0.412. The van der Waals surface area contributed by atoms with Gasteiger partial charge in [-0.1, -0.05) is 30.3 Å². The molecule has 2 rings (SSSR count). The number of rotatable bonds is 4. The van der Waals surface area contributed by atoms with Crippen molar-refractivity contribution in [3.63, 3.8) is 0 Å². The summed E-state index contributed by atoms with van der Waals surface area (Å²) in [5, 5.41) is 0. The van der Waals surface area contributed by atoms with Crippen molar-refractivity contribution < 1.29 is 17.3 Å². The van der Waals surface area contributed by atoms with Crippen molar-refractivity contribution in [1.82, 2.24) is 0 Å². The first-order chi connectivity index (χ1) is 8.98. The minimum Gasteiger partial charge on any atom is -0.497 e. The second-order valence-electron chi connectivity index (χ2n) is 4.05. The predicted molar refractivity (Wildman–Crippen MR) is 73.9 cm³/mol. The molecule has 0 fully saturated rings. The molecule has 2 aromatic rings. The largest absolute Gasteiger partial charge is 0.497 e. The van der Waals surface area contributed by atoms with Gasteiger partial charge in [-0.3, -0.25) is 0 Å². The van der Waals surface area contributed by atoms with Crippen LogP contribution < -0.4 is 8.92 Å². The van der Waals surface area contributed by atoms with E-state index < -0.39 is 10.1 Å². The molecule has 0 amide bonds. The van der Waals surface area contributed by atoms with E-state index in [0.717, 1.165) is 17.4 Å². The van der Waals surface area contributed by atoms with E-state index in [4.69, 9.17) is 8.92 Å². The molecular formula is C14H14O4S. The number of hydrogen-bond acceptors (Lipinski definition) is 4. The summed E-state index contributed by atoms with van der Waals surface area (Å²) in [4.78, 5) is 0. The molecule has 0 saturated heterocycles. The molecule has 19 heavy (non-hydrogen) atoms. The summed E-state index contributed by atoms with van der Waals surface area (Å²) in [5.41, 5.74) is 1.79. The maximum atomic E-state index is 11.2. The van der Waals surface area contributed by atoms with Crippen molar-refractivity contribution in [2.24, 2.45) is 0 Å². The first kappa shape index (κ1) is 13.4. The van der Waals surface area contributed by atoms with Crippen LogP contribution in [0.3, 0.4) is 0 Å². The highest BCUT2D eigenvalue weighted by atomic mass is 32.2. The van der Waals surface area contributed by atoms with Crippen LogP contribution in [0.5, 0.6) is 11.5 Å². The summed E-state index contributed by atoms with van der Waals surface area (Å²) in [6, 6.07) is 14.6. The average molecular weight is 278 g/mol. The standard InChI is InChI=1S/C14H14O4S/c1-17-13-8-12(11-6-4-3-5-7-11)9-14(10-13)18-19(2,15)16/h3-10H,1-2H3. The maximum absolute atomic E-state index is 11.2. The Morgan fingerprint density at radius 3 is 2.11 bits per heavy atom. The lowest BCUT2D eigenvalue weighted by atomic mass is 10.1. The van der Waals surface area contributed by atoms with Crippen LogP contribution in [0.15, 0.2) is 48.5 Å². The van der Waals surface area contributed by atoms with Gasteiger partial charge in [0.25, 0.3) is 0 Å². The zero-order valence-corrected chi connectivity index (χ0v) is 11.5. The van der Waals surface area contributed by atoms with Crippen molar-refractivity contribution in [2.45, 2.75) is 0 Å². The summed E-state index contributed by atoms with van der Waals surface area (Å²) in [6.45, 7) is 0. The van der Waals surface area contributed by atoms with Gasteiger partial charge in [-0.25, -0.2) is 0 Å². The number of benzene rings is 2. The topological polar surface area (TPSA) is 52.6 Å². The van der Waals surface area contributed by atoms with Crippen LogP contribution in [-0.4, -0.2) is 21.8 Å². The quantitative estimate of drug-likeness (QED) is 0.807. The molecule has 0 bridgehead atoms. The van der Waals surface area contributed by atoms with E-state index in [9.17, 15) is 8.42 Å². The molecule has 0 spiro atoms. The minimum atomic E-state index is -3.56. The van der Waals surface area contributed by atoms with Crippen LogP contribution in [0, 0.1) is 0 Å². The highest BCUT2D eigenvalue weighted by Crippen LogP contribution is 2.30. The second kappa shape index (κ2) is 5.32. The Morgan fingerprint density at radius 2 is 1.53 bits per heavy atom. The molecule has 2 aromatic carbocycles. The van der Waals surface area contributed by atoms with Crippen molar-refractivity contribution in [2.75, 3.05) is 13.4 Å². The van der Waals surface area contributed by atoms with E-state index in [2.05, 4.69) is 0 Å². The SMILES string of the molecule is COc1cc(OS(C)(=O)=O)cc(-c2ccccc2)c1. The molecule has 0 aliphatic rings. The van der Waals surface area contributed by atoms with E-state index in [1.54, 1.807) is 6.07 Å².